The Morgan fingerprint density at radius 3 is 1.91 bits per heavy atom. The topological polar surface area (TPSA) is 43.1 Å². The molecule has 0 aromatic rings. The van der Waals surface area contributed by atoms with Crippen LogP contribution in [-0.4, -0.2) is 13.1 Å². The van der Waals surface area contributed by atoms with E-state index in [0.29, 0.717) is 0 Å². The molecule has 1 unspecified atom stereocenters. The Balaban J connectivity index is 4.42. The predicted molar refractivity (Wildman–Crippen MR) is 55.1 cm³/mol. The molecule has 0 aromatic heterocycles. The van der Waals surface area contributed by atoms with Gasteiger partial charge in [-0.3, -0.25) is 10.1 Å². The van der Waals surface area contributed by atoms with E-state index in [1.54, 1.807) is 0 Å². The Hall–Kier alpha value is 0.840. The van der Waals surface area contributed by atoms with Crippen LogP contribution < -0.4 is 0 Å². The second-order valence-corrected chi connectivity index (χ2v) is 6.96. The summed E-state index contributed by atoms with van der Waals surface area (Å²) in [7, 11) is 0. The van der Waals surface area contributed by atoms with Crippen molar-refractivity contribution in [2.24, 2.45) is 5.92 Å². The Bertz CT molecular complexity index is 160. The Kier molecular flexibility index (Phi) is 4.50. The first-order valence-electron chi connectivity index (χ1n) is 2.96. The Morgan fingerprint density at radius 1 is 1.45 bits per heavy atom. The molecule has 0 bridgehead atoms. The molecule has 0 amide bonds. The van der Waals surface area contributed by atoms with Gasteiger partial charge in [0.25, 0.3) is 0 Å². The molecule has 0 aromatic carbocycles. The first kappa shape index (κ1) is 11.8. The van der Waals surface area contributed by atoms with Gasteiger partial charge in [0.05, 0.1) is 4.92 Å². The minimum Gasteiger partial charge on any atom is -0.262 e. The summed E-state index contributed by atoms with van der Waals surface area (Å²) >= 11 is 9.19. The summed E-state index contributed by atoms with van der Waals surface area (Å²) in [5, 5.41) is 10.4. The highest BCUT2D eigenvalue weighted by molar-refractivity contribution is 9.26. The maximum Gasteiger partial charge on any atom is 0.339 e. The fourth-order valence-electron chi connectivity index (χ4n) is 0.502. The summed E-state index contributed by atoms with van der Waals surface area (Å²) < 4.78 is -1.26. The molecule has 11 heavy (non-hydrogen) atoms. The molecule has 1 atom stereocenters. The van der Waals surface area contributed by atoms with E-state index in [0.717, 1.165) is 0 Å². The molecule has 0 saturated heterocycles. The molecule has 6 heteroatoms. The van der Waals surface area contributed by atoms with E-state index in [2.05, 4.69) is 47.8 Å². The van der Waals surface area contributed by atoms with E-state index >= 15 is 0 Å². The second-order valence-electron chi connectivity index (χ2n) is 2.49. The van der Waals surface area contributed by atoms with Crippen molar-refractivity contribution in [2.75, 3.05) is 0 Å². The number of nitrogens with zero attached hydrogens (tertiary/aromatic N) is 1. The lowest BCUT2D eigenvalue weighted by Crippen LogP contribution is -2.36. The molecule has 66 valence electrons. The van der Waals surface area contributed by atoms with Gasteiger partial charge in [0, 0.05) is 31.9 Å². The largest absolute Gasteiger partial charge is 0.339 e. The third kappa shape index (κ3) is 2.99. The highest BCUT2D eigenvalue weighted by Gasteiger charge is 2.45. The normalized spacial score (nSPS) is 15.1. The van der Waals surface area contributed by atoms with Gasteiger partial charge in [-0.1, -0.05) is 29.8 Å². The standard InChI is InChI=1S/C5H8Br3NO2/c1-3(2)4(6)5(7,8)9(10)11/h3-4H,1-2H3. The van der Waals surface area contributed by atoms with E-state index < -0.39 is 8.28 Å². The first-order valence-corrected chi connectivity index (χ1v) is 5.46. The molecule has 0 heterocycles. The maximum atomic E-state index is 10.4. The van der Waals surface area contributed by atoms with Gasteiger partial charge in [-0.2, -0.15) is 0 Å². The second kappa shape index (κ2) is 4.18. The highest BCUT2D eigenvalue weighted by Crippen LogP contribution is 2.38. The molecule has 0 fully saturated rings. The van der Waals surface area contributed by atoms with Gasteiger partial charge in [0.15, 0.2) is 0 Å². The van der Waals surface area contributed by atoms with E-state index in [1.165, 1.54) is 0 Å². The fraction of sp³-hybridized carbons (Fsp3) is 1.00. The van der Waals surface area contributed by atoms with Crippen molar-refractivity contribution < 1.29 is 4.92 Å². The summed E-state index contributed by atoms with van der Waals surface area (Å²) in [6.45, 7) is 3.81. The number of hydrogen-bond donors (Lipinski definition) is 0. The van der Waals surface area contributed by atoms with Gasteiger partial charge in [-0.25, -0.2) is 0 Å². The summed E-state index contributed by atoms with van der Waals surface area (Å²) in [6, 6.07) is 0. The van der Waals surface area contributed by atoms with Crippen molar-refractivity contribution in [3.8, 4) is 0 Å². The molecule has 0 rings (SSSR count). The van der Waals surface area contributed by atoms with Crippen LogP contribution in [0.1, 0.15) is 13.8 Å². The van der Waals surface area contributed by atoms with Gasteiger partial charge in [0.1, 0.15) is 4.83 Å². The number of rotatable bonds is 3. The minimum atomic E-state index is -1.26. The average molecular weight is 354 g/mol. The molecule has 0 spiro atoms. The van der Waals surface area contributed by atoms with E-state index in [4.69, 9.17) is 0 Å². The molecule has 0 aliphatic heterocycles. The lowest BCUT2D eigenvalue weighted by Gasteiger charge is -2.20. The average Bonchev–Trinajstić information content (AvgIpc) is 1.85. The van der Waals surface area contributed by atoms with E-state index in [-0.39, 0.29) is 10.7 Å². The molecule has 3 nitrogen and oxygen atoms in total. The summed E-state index contributed by atoms with van der Waals surface area (Å²) in [6.07, 6.45) is 0. The quantitative estimate of drug-likeness (QED) is 0.338. The van der Waals surface area contributed by atoms with Crippen LogP contribution in [0.2, 0.25) is 0 Å². The van der Waals surface area contributed by atoms with Crippen LogP contribution >= 0.6 is 47.8 Å². The first-order chi connectivity index (χ1) is 4.80. The smallest absolute Gasteiger partial charge is 0.262 e. The fourth-order valence-corrected chi connectivity index (χ4v) is 1.73. The molecule has 0 N–H and O–H groups in total. The Morgan fingerprint density at radius 2 is 1.82 bits per heavy atom. The van der Waals surface area contributed by atoms with Gasteiger partial charge in [0.2, 0.25) is 0 Å². The van der Waals surface area contributed by atoms with Crippen molar-refractivity contribution in [1.82, 2.24) is 0 Å². The predicted octanol–water partition coefficient (Wildman–Crippen LogP) is 3.13. The SMILES string of the molecule is CC(C)C(Br)C(Br)(Br)[N+](=O)[O-]. The van der Waals surface area contributed by atoms with Crippen molar-refractivity contribution >= 4 is 47.8 Å². The lowest BCUT2D eigenvalue weighted by atomic mass is 10.1. The number of hydrogen-bond acceptors (Lipinski definition) is 2. The van der Waals surface area contributed by atoms with Crippen molar-refractivity contribution in [3.63, 3.8) is 0 Å². The Labute approximate surface area is 90.5 Å². The monoisotopic (exact) mass is 351 g/mol. The van der Waals surface area contributed by atoms with Crippen LogP contribution in [-0.2, 0) is 0 Å². The van der Waals surface area contributed by atoms with Crippen LogP contribution in [0.4, 0.5) is 0 Å². The molecule has 0 aliphatic carbocycles. The maximum absolute atomic E-state index is 10.4. The molecule has 0 aliphatic rings. The van der Waals surface area contributed by atoms with Crippen LogP contribution in [0, 0.1) is 16.0 Å². The van der Waals surface area contributed by atoms with Crippen LogP contribution in [0.15, 0.2) is 0 Å². The van der Waals surface area contributed by atoms with Crippen LogP contribution in [0.25, 0.3) is 0 Å². The zero-order chi connectivity index (χ0) is 9.23. The summed E-state index contributed by atoms with van der Waals surface area (Å²) in [5.74, 6) is 0.180. The van der Waals surface area contributed by atoms with E-state index in [9.17, 15) is 10.1 Å². The number of halogens is 3. The van der Waals surface area contributed by atoms with Crippen molar-refractivity contribution in [2.45, 2.75) is 22.0 Å². The van der Waals surface area contributed by atoms with Crippen molar-refractivity contribution in [3.05, 3.63) is 10.1 Å². The van der Waals surface area contributed by atoms with Crippen LogP contribution in [0.3, 0.4) is 0 Å². The number of alkyl halides is 3. The van der Waals surface area contributed by atoms with E-state index in [1.807, 2.05) is 13.8 Å². The molecule has 0 saturated carbocycles. The molecule has 0 radical (unpaired) electrons. The van der Waals surface area contributed by atoms with Gasteiger partial charge < -0.3 is 0 Å². The zero-order valence-corrected chi connectivity index (χ0v) is 10.8. The molecular formula is C5H8Br3NO2. The summed E-state index contributed by atoms with van der Waals surface area (Å²) in [5.41, 5.74) is 0. The third-order valence-corrected chi connectivity index (χ3v) is 5.67. The lowest BCUT2D eigenvalue weighted by molar-refractivity contribution is -0.504. The number of nitro groups is 1. The summed E-state index contributed by atoms with van der Waals surface area (Å²) in [4.78, 5) is 9.79. The molecular weight excluding hydrogens is 346 g/mol. The van der Waals surface area contributed by atoms with Crippen LogP contribution in [0.5, 0.6) is 0 Å². The van der Waals surface area contributed by atoms with Crippen molar-refractivity contribution in [1.29, 1.82) is 0 Å². The van der Waals surface area contributed by atoms with Gasteiger partial charge in [-0.05, 0) is 5.92 Å². The highest BCUT2D eigenvalue weighted by atomic mass is 79.9. The minimum absolute atomic E-state index is 0.180. The van der Waals surface area contributed by atoms with Gasteiger partial charge in [-0.15, -0.1) is 0 Å². The van der Waals surface area contributed by atoms with Gasteiger partial charge >= 0.3 is 3.36 Å². The third-order valence-electron chi connectivity index (χ3n) is 1.16. The zero-order valence-electron chi connectivity index (χ0n) is 6.05.